The number of methoxy groups -OCH3 is 1. The first-order chi connectivity index (χ1) is 19.9. The van der Waals surface area contributed by atoms with Gasteiger partial charge in [0.05, 0.1) is 34.0 Å². The van der Waals surface area contributed by atoms with Gasteiger partial charge in [-0.1, -0.05) is 32.1 Å². The second kappa shape index (κ2) is 10.5. The van der Waals surface area contributed by atoms with Crippen LogP contribution in [0.3, 0.4) is 0 Å². The lowest BCUT2D eigenvalue weighted by atomic mass is 9.81. The van der Waals surface area contributed by atoms with Crippen molar-refractivity contribution in [2.45, 2.75) is 64.8 Å². The van der Waals surface area contributed by atoms with Crippen molar-refractivity contribution in [3.8, 4) is 11.1 Å². The first kappa shape index (κ1) is 28.9. The molecule has 1 aromatic carbocycles. The van der Waals surface area contributed by atoms with Crippen LogP contribution in [0.4, 0.5) is 4.79 Å². The van der Waals surface area contributed by atoms with Crippen molar-refractivity contribution in [1.82, 2.24) is 20.2 Å². The topological polar surface area (TPSA) is 106 Å². The second-order valence-electron chi connectivity index (χ2n) is 12.2. The molecule has 220 valence electrons. The molecular weight excluding hydrogens is 571 g/mol. The van der Waals surface area contributed by atoms with Crippen LogP contribution in [0, 0.1) is 5.92 Å². The van der Waals surface area contributed by atoms with E-state index in [1.165, 1.54) is 16.5 Å². The summed E-state index contributed by atoms with van der Waals surface area (Å²) in [6.45, 7) is 12.5. The molecule has 2 N–H and O–H groups in total. The normalized spacial score (nSPS) is 20.2. The molecule has 0 radical (unpaired) electrons. The molecule has 0 aliphatic carbocycles. The zero-order valence-electron chi connectivity index (χ0n) is 24.8. The summed E-state index contributed by atoms with van der Waals surface area (Å²) < 4.78 is 19.8. The zero-order chi connectivity index (χ0) is 30.0. The number of ether oxygens (including phenoxy) is 1. The smallest absolute Gasteiger partial charge is 0.453 e. The van der Waals surface area contributed by atoms with Crippen LogP contribution in [-0.4, -0.2) is 64.9 Å². The summed E-state index contributed by atoms with van der Waals surface area (Å²) in [6, 6.07) is 5.15. The van der Waals surface area contributed by atoms with E-state index in [-0.39, 0.29) is 17.9 Å². The fraction of sp³-hybridized carbons (Fsp3) is 0.433. The van der Waals surface area contributed by atoms with E-state index in [1.807, 2.05) is 32.1 Å². The maximum atomic E-state index is 13.5. The number of thiophene rings is 2. The molecule has 2 aliphatic heterocycles. The number of H-pyrrole nitrogens is 1. The molecule has 42 heavy (non-hydrogen) atoms. The molecular formula is C30H35BN4O5S2. The molecule has 1 fully saturated rings. The summed E-state index contributed by atoms with van der Waals surface area (Å²) in [5, 5.41) is 7.02. The van der Waals surface area contributed by atoms with Crippen LogP contribution < -0.4 is 10.8 Å². The molecule has 0 bridgehead atoms. The standard InChI is InChI=1S/C30H35BN4O5S2/c1-16(2)23(34-28(37)38-7)27(36)35-12-8-9-22(35)26-32-20-11-10-17(13-21(20)33-26)18-14-41-25-19(15-42-24(18)25)31-39-29(3,4)30(5,6)40-31/h8-11,13-16,22-23H,12H2,1-7H3,(H,32,33)(H,34,37)/t22?,23-/m0/s1. The molecule has 12 heteroatoms. The summed E-state index contributed by atoms with van der Waals surface area (Å²) in [5.41, 5.74) is 4.26. The van der Waals surface area contributed by atoms with Crippen LogP contribution in [-0.2, 0) is 18.8 Å². The van der Waals surface area contributed by atoms with Crippen LogP contribution in [0.15, 0.2) is 41.1 Å². The number of carbonyl (C=O) groups excluding carboxylic acids is 2. The number of nitrogens with one attached hydrogen (secondary N) is 2. The van der Waals surface area contributed by atoms with Gasteiger partial charge < -0.3 is 29.2 Å². The number of fused-ring (bicyclic) bond motifs is 2. The molecule has 0 spiro atoms. The largest absolute Gasteiger partial charge is 0.497 e. The Labute approximate surface area is 253 Å². The van der Waals surface area contributed by atoms with E-state index < -0.39 is 30.5 Å². The lowest BCUT2D eigenvalue weighted by molar-refractivity contribution is -0.135. The van der Waals surface area contributed by atoms with E-state index in [4.69, 9.17) is 19.0 Å². The first-order valence-corrected chi connectivity index (χ1v) is 15.8. The molecule has 3 aromatic heterocycles. The van der Waals surface area contributed by atoms with Gasteiger partial charge >= 0.3 is 13.2 Å². The predicted molar refractivity (Wildman–Crippen MR) is 168 cm³/mol. The van der Waals surface area contributed by atoms with Crippen molar-refractivity contribution < 1.29 is 23.6 Å². The number of benzene rings is 1. The fourth-order valence-corrected chi connectivity index (χ4v) is 7.81. The van der Waals surface area contributed by atoms with Gasteiger partial charge in [-0.25, -0.2) is 9.78 Å². The molecule has 1 unspecified atom stereocenters. The maximum Gasteiger partial charge on any atom is 0.497 e. The van der Waals surface area contributed by atoms with Crippen molar-refractivity contribution in [2.75, 3.05) is 13.7 Å². The Morgan fingerprint density at radius 1 is 1.14 bits per heavy atom. The first-order valence-electron chi connectivity index (χ1n) is 14.1. The third kappa shape index (κ3) is 4.84. The third-order valence-corrected chi connectivity index (χ3v) is 10.7. The molecule has 2 atom stereocenters. The molecule has 4 aromatic rings. The number of nitrogens with zero attached hydrogens (tertiary/aromatic N) is 2. The number of hydrogen-bond acceptors (Lipinski definition) is 8. The van der Waals surface area contributed by atoms with Gasteiger partial charge in [-0.15, -0.1) is 22.7 Å². The van der Waals surface area contributed by atoms with Gasteiger partial charge in [-0.3, -0.25) is 4.79 Å². The van der Waals surface area contributed by atoms with E-state index in [9.17, 15) is 9.59 Å². The number of hydrogen-bond donors (Lipinski definition) is 2. The average molecular weight is 607 g/mol. The lowest BCUT2D eigenvalue weighted by Crippen LogP contribution is -2.51. The molecule has 2 aliphatic rings. The molecule has 1 saturated heterocycles. The highest BCUT2D eigenvalue weighted by atomic mass is 32.1. The summed E-state index contributed by atoms with van der Waals surface area (Å²) in [5.74, 6) is 0.392. The Bertz CT molecular complexity index is 1690. The van der Waals surface area contributed by atoms with Gasteiger partial charge in [0.2, 0.25) is 5.91 Å². The Kier molecular flexibility index (Phi) is 7.24. The van der Waals surface area contributed by atoms with E-state index in [1.54, 1.807) is 27.6 Å². The van der Waals surface area contributed by atoms with Crippen LogP contribution >= 0.6 is 22.7 Å². The number of aromatic amines is 1. The predicted octanol–water partition coefficient (Wildman–Crippen LogP) is 5.63. The summed E-state index contributed by atoms with van der Waals surface area (Å²) >= 11 is 3.41. The zero-order valence-corrected chi connectivity index (χ0v) is 26.4. The van der Waals surface area contributed by atoms with Crippen molar-refractivity contribution in [3.63, 3.8) is 0 Å². The molecule has 9 nitrogen and oxygen atoms in total. The number of aromatic nitrogens is 2. The highest BCUT2D eigenvalue weighted by Crippen LogP contribution is 2.41. The van der Waals surface area contributed by atoms with Gasteiger partial charge in [0, 0.05) is 27.7 Å². The monoisotopic (exact) mass is 606 g/mol. The highest BCUT2D eigenvalue weighted by molar-refractivity contribution is 7.29. The van der Waals surface area contributed by atoms with Crippen LogP contribution in [0.1, 0.15) is 53.4 Å². The van der Waals surface area contributed by atoms with Gasteiger partial charge in [-0.2, -0.15) is 0 Å². The molecule has 0 saturated carbocycles. The van der Waals surface area contributed by atoms with Crippen LogP contribution in [0.5, 0.6) is 0 Å². The molecule has 2 amide bonds. The van der Waals surface area contributed by atoms with Gasteiger partial charge in [0.1, 0.15) is 17.9 Å². The minimum atomic E-state index is -0.704. The Hall–Kier alpha value is -3.19. The average Bonchev–Trinajstić information content (AvgIpc) is 3.74. The summed E-state index contributed by atoms with van der Waals surface area (Å²) in [6.07, 6.45) is 3.29. The number of carbonyl (C=O) groups is 2. The van der Waals surface area contributed by atoms with Crippen LogP contribution in [0.2, 0.25) is 0 Å². The van der Waals surface area contributed by atoms with Crippen molar-refractivity contribution in [3.05, 3.63) is 46.9 Å². The van der Waals surface area contributed by atoms with Gasteiger partial charge in [-0.05, 0) is 56.7 Å². The van der Waals surface area contributed by atoms with E-state index in [0.717, 1.165) is 27.6 Å². The van der Waals surface area contributed by atoms with E-state index in [0.29, 0.717) is 12.4 Å². The SMILES string of the molecule is COC(=O)N[C@H](C(=O)N1CC=CC1c1nc2ccc(-c3csc4c(B5OC(C)(C)C(C)(C)O5)csc34)cc2[nH]1)C(C)C. The van der Waals surface area contributed by atoms with Gasteiger partial charge in [0.15, 0.2) is 0 Å². The number of amides is 2. The highest BCUT2D eigenvalue weighted by Gasteiger charge is 2.52. The van der Waals surface area contributed by atoms with Gasteiger partial charge in [0.25, 0.3) is 0 Å². The van der Waals surface area contributed by atoms with Crippen molar-refractivity contribution >= 4 is 67.7 Å². The Morgan fingerprint density at radius 2 is 1.86 bits per heavy atom. The van der Waals surface area contributed by atoms with Crippen LogP contribution in [0.25, 0.3) is 31.6 Å². The van der Waals surface area contributed by atoms with E-state index >= 15 is 0 Å². The minimum Gasteiger partial charge on any atom is -0.453 e. The lowest BCUT2D eigenvalue weighted by Gasteiger charge is -2.32. The third-order valence-electron chi connectivity index (χ3n) is 8.54. The quantitative estimate of drug-likeness (QED) is 0.218. The second-order valence-corrected chi connectivity index (χ2v) is 13.9. The number of imidazole rings is 1. The summed E-state index contributed by atoms with van der Waals surface area (Å²) in [4.78, 5) is 35.4. The molecule has 6 rings (SSSR count). The van der Waals surface area contributed by atoms with Crippen molar-refractivity contribution in [1.29, 1.82) is 0 Å². The maximum absolute atomic E-state index is 13.5. The Balaban J connectivity index is 1.27. The Morgan fingerprint density at radius 3 is 2.55 bits per heavy atom. The fourth-order valence-electron chi connectivity index (χ4n) is 5.37. The molecule has 5 heterocycles. The summed E-state index contributed by atoms with van der Waals surface area (Å²) in [7, 11) is 0.897. The minimum absolute atomic E-state index is 0.110. The number of alkyl carbamates (subject to hydrolysis) is 1. The number of rotatable bonds is 6. The van der Waals surface area contributed by atoms with E-state index in [2.05, 4.69) is 60.9 Å². The van der Waals surface area contributed by atoms with Crippen molar-refractivity contribution in [2.24, 2.45) is 5.92 Å².